The van der Waals surface area contributed by atoms with Gasteiger partial charge >= 0.3 is 0 Å². The number of anilines is 3. The largest absolute Gasteiger partial charge is 0.368 e. The zero-order chi connectivity index (χ0) is 19.6. The van der Waals surface area contributed by atoms with Gasteiger partial charge in [0.15, 0.2) is 5.82 Å². The highest BCUT2D eigenvalue weighted by Gasteiger charge is 2.21. The van der Waals surface area contributed by atoms with Gasteiger partial charge in [-0.3, -0.25) is 4.98 Å². The molecule has 3 N–H and O–H groups in total. The van der Waals surface area contributed by atoms with E-state index in [1.807, 2.05) is 30.7 Å². The Kier molecular flexibility index (Phi) is 4.99. The first kappa shape index (κ1) is 18.3. The van der Waals surface area contributed by atoms with Crippen LogP contribution in [0.25, 0.3) is 10.2 Å². The number of fused-ring (bicyclic) bond motifs is 1. The van der Waals surface area contributed by atoms with Gasteiger partial charge in [-0.25, -0.2) is 9.97 Å². The summed E-state index contributed by atoms with van der Waals surface area (Å²) in [6, 6.07) is 4.30. The molecule has 4 heterocycles. The molecule has 1 aliphatic carbocycles. The zero-order valence-electron chi connectivity index (χ0n) is 16.2. The summed E-state index contributed by atoms with van der Waals surface area (Å²) in [6.07, 6.45) is 17.3. The Balaban J connectivity index is 1.47. The Bertz CT molecular complexity index is 1070. The first-order valence-corrected chi connectivity index (χ1v) is 10.9. The monoisotopic (exact) mass is 404 g/mol. The van der Waals surface area contributed by atoms with Crippen molar-refractivity contribution in [3.05, 3.63) is 60.0 Å². The lowest BCUT2D eigenvalue weighted by Gasteiger charge is -2.33. The molecule has 0 bridgehead atoms. The van der Waals surface area contributed by atoms with Crippen LogP contribution in [0.5, 0.6) is 0 Å². The van der Waals surface area contributed by atoms with Gasteiger partial charge in [-0.15, -0.1) is 11.3 Å². The Morgan fingerprint density at radius 3 is 3.03 bits per heavy atom. The number of nitrogens with zero attached hydrogens (tertiary/aromatic N) is 4. The maximum atomic E-state index is 6.20. The Labute approximate surface area is 174 Å². The van der Waals surface area contributed by atoms with E-state index in [1.165, 1.54) is 0 Å². The SMILES string of the molecule is NC1CCCN(c2ccncc2Nc2nccc3sc(C4C=CC=CC4)nc23)C1. The highest BCUT2D eigenvalue weighted by molar-refractivity contribution is 7.18. The van der Waals surface area contributed by atoms with Crippen LogP contribution in [0, 0.1) is 0 Å². The molecule has 1 saturated heterocycles. The van der Waals surface area contributed by atoms with Crippen molar-refractivity contribution in [3.63, 3.8) is 0 Å². The third-order valence-electron chi connectivity index (χ3n) is 5.47. The standard InChI is InChI=1S/C22H24N6S/c23-16-7-4-12-28(14-16)18-8-10-24-13-17(18)26-21-20-19(9-11-25-21)29-22(27-20)15-5-2-1-3-6-15/h1-3,5,8-11,13,15-16H,4,6-7,12,14,23H2,(H,25,26). The summed E-state index contributed by atoms with van der Waals surface area (Å²) in [5.41, 5.74) is 9.18. The number of nitrogens with one attached hydrogen (secondary N) is 1. The molecular weight excluding hydrogens is 380 g/mol. The topological polar surface area (TPSA) is 80.0 Å². The van der Waals surface area contributed by atoms with E-state index in [0.717, 1.165) is 64.8 Å². The van der Waals surface area contributed by atoms with Crippen LogP contribution in [0.3, 0.4) is 0 Å². The van der Waals surface area contributed by atoms with Gasteiger partial charge in [-0.2, -0.15) is 0 Å². The molecule has 0 radical (unpaired) electrons. The summed E-state index contributed by atoms with van der Waals surface area (Å²) in [6.45, 7) is 1.87. The van der Waals surface area contributed by atoms with E-state index in [0.29, 0.717) is 5.92 Å². The molecule has 3 aromatic rings. The minimum Gasteiger partial charge on any atom is -0.368 e. The van der Waals surface area contributed by atoms with E-state index < -0.39 is 0 Å². The fraction of sp³-hybridized carbons (Fsp3) is 0.318. The number of rotatable bonds is 4. The molecule has 0 spiro atoms. The third-order valence-corrected chi connectivity index (χ3v) is 6.62. The van der Waals surface area contributed by atoms with E-state index in [9.17, 15) is 0 Å². The molecule has 29 heavy (non-hydrogen) atoms. The summed E-state index contributed by atoms with van der Waals surface area (Å²) in [5, 5.41) is 4.63. The normalized spacial score (nSPS) is 21.6. The first-order chi connectivity index (χ1) is 14.3. The van der Waals surface area contributed by atoms with E-state index >= 15 is 0 Å². The van der Waals surface area contributed by atoms with Crippen molar-refractivity contribution in [1.29, 1.82) is 0 Å². The van der Waals surface area contributed by atoms with Crippen molar-refractivity contribution >= 4 is 38.7 Å². The molecule has 3 aromatic heterocycles. The predicted octanol–water partition coefficient (Wildman–Crippen LogP) is 4.36. The van der Waals surface area contributed by atoms with Crippen LogP contribution in [0.2, 0.25) is 0 Å². The van der Waals surface area contributed by atoms with Crippen molar-refractivity contribution in [2.45, 2.75) is 31.2 Å². The average Bonchev–Trinajstić information content (AvgIpc) is 3.20. The molecule has 5 rings (SSSR count). The summed E-state index contributed by atoms with van der Waals surface area (Å²) >= 11 is 1.74. The Morgan fingerprint density at radius 1 is 1.21 bits per heavy atom. The molecule has 1 aliphatic heterocycles. The van der Waals surface area contributed by atoms with Gasteiger partial charge in [0.2, 0.25) is 0 Å². The molecule has 1 fully saturated rings. The van der Waals surface area contributed by atoms with E-state index in [4.69, 9.17) is 10.7 Å². The van der Waals surface area contributed by atoms with Gasteiger partial charge in [0.05, 0.1) is 22.3 Å². The maximum Gasteiger partial charge on any atom is 0.157 e. The number of hydrogen-bond donors (Lipinski definition) is 2. The molecule has 0 amide bonds. The lowest BCUT2D eigenvalue weighted by Crippen LogP contribution is -2.43. The van der Waals surface area contributed by atoms with Crippen LogP contribution in [0.15, 0.2) is 55.0 Å². The van der Waals surface area contributed by atoms with Gasteiger partial charge in [-0.05, 0) is 31.4 Å². The van der Waals surface area contributed by atoms with E-state index in [-0.39, 0.29) is 6.04 Å². The number of nitrogens with two attached hydrogens (primary N) is 1. The third kappa shape index (κ3) is 3.75. The Morgan fingerprint density at radius 2 is 2.17 bits per heavy atom. The molecular formula is C22H24N6S. The van der Waals surface area contributed by atoms with Gasteiger partial charge in [0.25, 0.3) is 0 Å². The van der Waals surface area contributed by atoms with E-state index in [1.54, 1.807) is 11.3 Å². The Hall–Kier alpha value is -2.77. The number of pyridine rings is 2. The van der Waals surface area contributed by atoms with Crippen LogP contribution >= 0.6 is 11.3 Å². The molecule has 0 aromatic carbocycles. The maximum absolute atomic E-state index is 6.20. The number of aromatic nitrogens is 3. The lowest BCUT2D eigenvalue weighted by molar-refractivity contribution is 0.506. The number of allylic oxidation sites excluding steroid dienone is 4. The van der Waals surface area contributed by atoms with Gasteiger partial charge < -0.3 is 16.0 Å². The molecule has 2 atom stereocenters. The summed E-state index contributed by atoms with van der Waals surface area (Å²) in [4.78, 5) is 16.2. The molecule has 7 heteroatoms. The quantitative estimate of drug-likeness (QED) is 0.673. The fourth-order valence-electron chi connectivity index (χ4n) is 4.00. The predicted molar refractivity (Wildman–Crippen MR) is 120 cm³/mol. The smallest absolute Gasteiger partial charge is 0.157 e. The van der Waals surface area contributed by atoms with Gasteiger partial charge in [-0.1, -0.05) is 24.3 Å². The second kappa shape index (κ2) is 7.93. The second-order valence-corrected chi connectivity index (χ2v) is 8.64. The van der Waals surface area contributed by atoms with E-state index in [2.05, 4.69) is 44.5 Å². The van der Waals surface area contributed by atoms with Crippen molar-refractivity contribution < 1.29 is 0 Å². The summed E-state index contributed by atoms with van der Waals surface area (Å²) in [7, 11) is 0. The molecule has 148 valence electrons. The average molecular weight is 405 g/mol. The number of piperidine rings is 1. The first-order valence-electron chi connectivity index (χ1n) is 10.1. The second-order valence-electron chi connectivity index (χ2n) is 7.58. The highest BCUT2D eigenvalue weighted by atomic mass is 32.1. The van der Waals surface area contributed by atoms with Crippen molar-refractivity contribution in [2.24, 2.45) is 5.73 Å². The van der Waals surface area contributed by atoms with Crippen molar-refractivity contribution in [2.75, 3.05) is 23.3 Å². The minimum atomic E-state index is 0.213. The van der Waals surface area contributed by atoms with Crippen molar-refractivity contribution in [3.8, 4) is 0 Å². The minimum absolute atomic E-state index is 0.213. The molecule has 0 saturated carbocycles. The van der Waals surface area contributed by atoms with Gasteiger partial charge in [0, 0.05) is 37.4 Å². The zero-order valence-corrected chi connectivity index (χ0v) is 17.0. The molecule has 6 nitrogen and oxygen atoms in total. The van der Waals surface area contributed by atoms with Crippen LogP contribution in [0.1, 0.15) is 30.2 Å². The van der Waals surface area contributed by atoms with Gasteiger partial charge in [0.1, 0.15) is 10.5 Å². The van der Waals surface area contributed by atoms with Crippen LogP contribution in [-0.4, -0.2) is 34.1 Å². The van der Waals surface area contributed by atoms with Crippen molar-refractivity contribution in [1.82, 2.24) is 15.0 Å². The van der Waals surface area contributed by atoms with Crippen LogP contribution in [-0.2, 0) is 0 Å². The molecule has 2 unspecified atom stereocenters. The number of thiazole rings is 1. The number of hydrogen-bond acceptors (Lipinski definition) is 7. The van der Waals surface area contributed by atoms with Crippen LogP contribution in [0.4, 0.5) is 17.2 Å². The van der Waals surface area contributed by atoms with Crippen LogP contribution < -0.4 is 16.0 Å². The summed E-state index contributed by atoms with van der Waals surface area (Å²) in [5.74, 6) is 1.12. The summed E-state index contributed by atoms with van der Waals surface area (Å²) < 4.78 is 1.14. The fourth-order valence-corrected chi connectivity index (χ4v) is 5.06. The molecule has 2 aliphatic rings. The highest BCUT2D eigenvalue weighted by Crippen LogP contribution is 2.36. The lowest BCUT2D eigenvalue weighted by atomic mass is 10.0.